The van der Waals surface area contributed by atoms with Gasteiger partial charge in [0.05, 0.1) is 30.5 Å². The van der Waals surface area contributed by atoms with Crippen molar-refractivity contribution in [2.24, 2.45) is 0 Å². The van der Waals surface area contributed by atoms with Crippen molar-refractivity contribution >= 4 is 5.91 Å². The molecule has 7 nitrogen and oxygen atoms in total. The largest absolute Gasteiger partial charge is 0.378 e. The number of aryl methyl sites for hydroxylation is 1. The predicted molar refractivity (Wildman–Crippen MR) is 90.4 cm³/mol. The topological polar surface area (TPSA) is 84.0 Å². The predicted octanol–water partition coefficient (Wildman–Crippen LogP) is 1.70. The van der Waals surface area contributed by atoms with Crippen LogP contribution in [0.3, 0.4) is 0 Å². The van der Waals surface area contributed by atoms with Crippen LogP contribution in [0.2, 0.25) is 0 Å². The highest BCUT2D eigenvalue weighted by Gasteiger charge is 2.27. The van der Waals surface area contributed by atoms with E-state index in [1.165, 1.54) is 0 Å². The molecule has 0 bridgehead atoms. The second-order valence-electron chi connectivity index (χ2n) is 6.21. The molecular formula is C18H21N5O2. The Morgan fingerprint density at radius 3 is 2.92 bits per heavy atom. The summed E-state index contributed by atoms with van der Waals surface area (Å²) in [7, 11) is 1.63. The summed E-state index contributed by atoms with van der Waals surface area (Å²) in [5.41, 5.74) is 2.51. The number of likely N-dealkylation sites (tertiary alicyclic amines) is 1. The van der Waals surface area contributed by atoms with E-state index in [1.807, 2.05) is 27.9 Å². The van der Waals surface area contributed by atoms with Gasteiger partial charge in [-0.1, -0.05) is 17.3 Å². The van der Waals surface area contributed by atoms with E-state index >= 15 is 0 Å². The molecule has 0 saturated carbocycles. The first-order chi connectivity index (χ1) is 12.2. The molecule has 1 aromatic heterocycles. The lowest BCUT2D eigenvalue weighted by Gasteiger charge is -2.16. The van der Waals surface area contributed by atoms with Crippen LogP contribution >= 0.6 is 0 Å². The number of carbonyl (C=O) groups excluding carboxylic acids is 1. The lowest BCUT2D eigenvalue weighted by atomic mass is 10.1. The van der Waals surface area contributed by atoms with Crippen LogP contribution in [-0.4, -0.2) is 46.0 Å². The molecular weight excluding hydrogens is 318 g/mol. The summed E-state index contributed by atoms with van der Waals surface area (Å²) in [6.45, 7) is 1.86. The molecule has 0 aliphatic carbocycles. The SMILES string of the molecule is COCc1cn([C@@H]2CCN(C(=O)CCc3ccc(C#N)cc3)C2)nn1. The minimum absolute atomic E-state index is 0.157. The zero-order valence-electron chi connectivity index (χ0n) is 14.3. The monoisotopic (exact) mass is 339 g/mol. The highest BCUT2D eigenvalue weighted by atomic mass is 16.5. The second kappa shape index (κ2) is 7.90. The molecule has 0 unspecified atom stereocenters. The third-order valence-electron chi connectivity index (χ3n) is 4.45. The van der Waals surface area contributed by atoms with Crippen LogP contribution in [0, 0.1) is 11.3 Å². The van der Waals surface area contributed by atoms with Crippen LogP contribution < -0.4 is 0 Å². The summed E-state index contributed by atoms with van der Waals surface area (Å²) in [5.74, 6) is 0.157. The molecule has 1 fully saturated rings. The van der Waals surface area contributed by atoms with Crippen molar-refractivity contribution < 1.29 is 9.53 Å². The van der Waals surface area contributed by atoms with Crippen LogP contribution in [0.1, 0.15) is 35.7 Å². The average Bonchev–Trinajstić information content (AvgIpc) is 3.30. The number of amides is 1. The van der Waals surface area contributed by atoms with E-state index in [9.17, 15) is 4.79 Å². The Hall–Kier alpha value is -2.72. The average molecular weight is 339 g/mol. The van der Waals surface area contributed by atoms with Crippen molar-refractivity contribution in [3.8, 4) is 6.07 Å². The Balaban J connectivity index is 1.50. The molecule has 1 saturated heterocycles. The molecule has 7 heteroatoms. The van der Waals surface area contributed by atoms with Gasteiger partial charge in [-0.15, -0.1) is 5.10 Å². The number of nitrogens with zero attached hydrogens (tertiary/aromatic N) is 5. The fraction of sp³-hybridized carbons (Fsp3) is 0.444. The molecule has 0 spiro atoms. The molecule has 1 aliphatic heterocycles. The smallest absolute Gasteiger partial charge is 0.222 e. The van der Waals surface area contributed by atoms with Crippen LogP contribution in [0.25, 0.3) is 0 Å². The summed E-state index contributed by atoms with van der Waals surface area (Å²) in [6, 6.07) is 9.66. The molecule has 3 rings (SSSR count). The molecule has 0 radical (unpaired) electrons. The summed E-state index contributed by atoms with van der Waals surface area (Å²) < 4.78 is 6.89. The molecule has 1 amide bonds. The van der Waals surface area contributed by atoms with Gasteiger partial charge in [0.2, 0.25) is 5.91 Å². The van der Waals surface area contributed by atoms with Gasteiger partial charge in [0.1, 0.15) is 5.69 Å². The van der Waals surface area contributed by atoms with E-state index < -0.39 is 0 Å². The van der Waals surface area contributed by atoms with Gasteiger partial charge < -0.3 is 9.64 Å². The van der Waals surface area contributed by atoms with Gasteiger partial charge in [-0.25, -0.2) is 4.68 Å². The lowest BCUT2D eigenvalue weighted by molar-refractivity contribution is -0.130. The number of benzene rings is 1. The van der Waals surface area contributed by atoms with E-state index in [-0.39, 0.29) is 11.9 Å². The fourth-order valence-electron chi connectivity index (χ4n) is 3.05. The Bertz CT molecular complexity index is 763. The third-order valence-corrected chi connectivity index (χ3v) is 4.45. The first-order valence-electron chi connectivity index (χ1n) is 8.36. The minimum atomic E-state index is 0.157. The zero-order chi connectivity index (χ0) is 17.6. The van der Waals surface area contributed by atoms with Crippen LogP contribution in [0.5, 0.6) is 0 Å². The van der Waals surface area contributed by atoms with Gasteiger partial charge >= 0.3 is 0 Å². The Morgan fingerprint density at radius 2 is 2.20 bits per heavy atom. The molecule has 1 atom stereocenters. The summed E-state index contributed by atoms with van der Waals surface area (Å²) in [5, 5.41) is 17.0. The highest BCUT2D eigenvalue weighted by Crippen LogP contribution is 2.22. The van der Waals surface area contributed by atoms with Gasteiger partial charge in [-0.3, -0.25) is 4.79 Å². The molecule has 25 heavy (non-hydrogen) atoms. The summed E-state index contributed by atoms with van der Waals surface area (Å²) in [6.07, 6.45) is 3.94. The molecule has 130 valence electrons. The number of carbonyl (C=O) groups is 1. The van der Waals surface area contributed by atoms with E-state index in [0.717, 1.165) is 24.2 Å². The fourth-order valence-corrected chi connectivity index (χ4v) is 3.05. The van der Waals surface area contributed by atoms with Crippen molar-refractivity contribution in [1.29, 1.82) is 5.26 Å². The number of hydrogen-bond acceptors (Lipinski definition) is 5. The van der Waals surface area contributed by atoms with Gasteiger partial charge in [0.15, 0.2) is 0 Å². The van der Waals surface area contributed by atoms with Gasteiger partial charge in [-0.05, 0) is 30.5 Å². The molecule has 1 aromatic carbocycles. The van der Waals surface area contributed by atoms with Gasteiger partial charge in [0, 0.05) is 26.6 Å². The summed E-state index contributed by atoms with van der Waals surface area (Å²) >= 11 is 0. The maximum absolute atomic E-state index is 12.4. The quantitative estimate of drug-likeness (QED) is 0.800. The molecule has 2 aromatic rings. The van der Waals surface area contributed by atoms with Gasteiger partial charge in [-0.2, -0.15) is 5.26 Å². The maximum Gasteiger partial charge on any atom is 0.222 e. The number of ether oxygens (including phenoxy) is 1. The first kappa shape index (κ1) is 17.1. The number of nitriles is 1. The van der Waals surface area contributed by atoms with Crippen molar-refractivity contribution in [3.63, 3.8) is 0 Å². The van der Waals surface area contributed by atoms with E-state index in [2.05, 4.69) is 16.4 Å². The van der Waals surface area contributed by atoms with E-state index in [1.54, 1.807) is 19.2 Å². The number of hydrogen-bond donors (Lipinski definition) is 0. The third kappa shape index (κ3) is 4.22. The van der Waals surface area contributed by atoms with E-state index in [0.29, 0.717) is 31.6 Å². The number of methoxy groups -OCH3 is 1. The first-order valence-corrected chi connectivity index (χ1v) is 8.36. The van der Waals surface area contributed by atoms with Crippen LogP contribution in [0.15, 0.2) is 30.5 Å². The Kier molecular flexibility index (Phi) is 5.41. The second-order valence-corrected chi connectivity index (χ2v) is 6.21. The number of aromatic nitrogens is 3. The standard InChI is InChI=1S/C18H21N5O2/c1-25-13-16-11-23(21-20-16)17-8-9-22(12-17)18(24)7-6-14-2-4-15(10-19)5-3-14/h2-5,11,17H,6-9,12-13H2,1H3/t17-/m1/s1. The summed E-state index contributed by atoms with van der Waals surface area (Å²) in [4.78, 5) is 14.3. The van der Waals surface area contributed by atoms with Crippen LogP contribution in [0.4, 0.5) is 0 Å². The maximum atomic E-state index is 12.4. The van der Waals surface area contributed by atoms with Crippen molar-refractivity contribution in [1.82, 2.24) is 19.9 Å². The number of rotatable bonds is 6. The van der Waals surface area contributed by atoms with E-state index in [4.69, 9.17) is 10.00 Å². The lowest BCUT2D eigenvalue weighted by Crippen LogP contribution is -2.29. The van der Waals surface area contributed by atoms with Crippen LogP contribution in [-0.2, 0) is 22.6 Å². The molecule has 0 N–H and O–H groups in total. The highest BCUT2D eigenvalue weighted by molar-refractivity contribution is 5.76. The Morgan fingerprint density at radius 1 is 1.40 bits per heavy atom. The van der Waals surface area contributed by atoms with Crippen molar-refractivity contribution in [3.05, 3.63) is 47.3 Å². The molecule has 1 aliphatic rings. The minimum Gasteiger partial charge on any atom is -0.378 e. The zero-order valence-corrected chi connectivity index (χ0v) is 14.3. The normalized spacial score (nSPS) is 16.8. The van der Waals surface area contributed by atoms with Crippen molar-refractivity contribution in [2.75, 3.05) is 20.2 Å². The molecule has 2 heterocycles. The Labute approximate surface area is 146 Å². The van der Waals surface area contributed by atoms with Crippen molar-refractivity contribution in [2.45, 2.75) is 31.9 Å². The van der Waals surface area contributed by atoms with Gasteiger partial charge in [0.25, 0.3) is 0 Å².